The van der Waals surface area contributed by atoms with Crippen LogP contribution in [0, 0.1) is 0 Å². The van der Waals surface area contributed by atoms with Crippen LogP contribution in [-0.2, 0) is 4.79 Å². The normalized spacial score (nSPS) is 10.8. The second kappa shape index (κ2) is 7.47. The van der Waals surface area contributed by atoms with Crippen molar-refractivity contribution >= 4 is 23.1 Å². The number of aromatic amines is 1. The van der Waals surface area contributed by atoms with Crippen LogP contribution in [0.4, 0.5) is 17.2 Å². The number of azo groups is 1. The smallest absolute Gasteiger partial charge is 0.301 e. The van der Waals surface area contributed by atoms with Crippen molar-refractivity contribution in [3.05, 3.63) is 65.0 Å². The molecule has 132 valence electrons. The molecule has 3 aromatic rings. The van der Waals surface area contributed by atoms with Crippen LogP contribution in [0.15, 0.2) is 69.6 Å². The van der Waals surface area contributed by atoms with E-state index in [-0.39, 0.29) is 17.4 Å². The Labute approximate surface area is 149 Å². The van der Waals surface area contributed by atoms with Crippen LogP contribution in [0.3, 0.4) is 0 Å². The highest BCUT2D eigenvalue weighted by Gasteiger charge is 2.16. The lowest BCUT2D eigenvalue weighted by atomic mass is 10.3. The van der Waals surface area contributed by atoms with Crippen molar-refractivity contribution in [3.63, 3.8) is 0 Å². The molecule has 3 rings (SSSR count). The van der Waals surface area contributed by atoms with E-state index in [2.05, 4.69) is 20.6 Å². The van der Waals surface area contributed by atoms with Crippen molar-refractivity contribution in [2.75, 3.05) is 12.4 Å². The minimum absolute atomic E-state index is 0.00636. The van der Waals surface area contributed by atoms with Gasteiger partial charge >= 0.3 is 5.56 Å². The Hall–Kier alpha value is -3.68. The van der Waals surface area contributed by atoms with Crippen molar-refractivity contribution in [2.45, 2.75) is 6.92 Å². The fourth-order valence-corrected chi connectivity index (χ4v) is 2.32. The molecule has 0 aliphatic rings. The topological polar surface area (TPSA) is 101 Å². The van der Waals surface area contributed by atoms with Crippen LogP contribution in [0.2, 0.25) is 0 Å². The molecule has 0 fully saturated rings. The third kappa shape index (κ3) is 3.69. The molecule has 8 nitrogen and oxygen atoms in total. The number of carbonyl (C=O) groups excluding carboxylic acids is 1. The Morgan fingerprint density at radius 3 is 2.58 bits per heavy atom. The van der Waals surface area contributed by atoms with Gasteiger partial charge in [0.15, 0.2) is 11.5 Å². The number of anilines is 1. The van der Waals surface area contributed by atoms with Gasteiger partial charge in [0.1, 0.15) is 5.75 Å². The Bertz CT molecular complexity index is 1010. The van der Waals surface area contributed by atoms with Gasteiger partial charge in [-0.3, -0.25) is 14.7 Å². The Balaban J connectivity index is 2.04. The number of ether oxygens (including phenoxy) is 1. The molecular formula is C18H17N5O3. The quantitative estimate of drug-likeness (QED) is 0.687. The molecule has 0 spiro atoms. The number of hydrogen-bond acceptors (Lipinski definition) is 5. The second-order valence-corrected chi connectivity index (χ2v) is 5.39. The maximum Gasteiger partial charge on any atom is 0.301 e. The molecule has 8 heteroatoms. The first-order chi connectivity index (χ1) is 12.6. The predicted molar refractivity (Wildman–Crippen MR) is 97.9 cm³/mol. The van der Waals surface area contributed by atoms with Gasteiger partial charge in [-0.1, -0.05) is 24.3 Å². The largest absolute Gasteiger partial charge is 0.497 e. The van der Waals surface area contributed by atoms with Crippen molar-refractivity contribution < 1.29 is 9.53 Å². The van der Waals surface area contributed by atoms with Gasteiger partial charge in [0, 0.05) is 13.0 Å². The lowest BCUT2D eigenvalue weighted by Crippen LogP contribution is -2.13. The minimum Gasteiger partial charge on any atom is -0.497 e. The van der Waals surface area contributed by atoms with Gasteiger partial charge in [-0.25, -0.2) is 4.68 Å². The van der Waals surface area contributed by atoms with Crippen LogP contribution in [0.25, 0.3) is 5.69 Å². The summed E-state index contributed by atoms with van der Waals surface area (Å²) in [7, 11) is 1.55. The molecule has 0 unspecified atom stereocenters. The molecule has 0 saturated heterocycles. The number of methoxy groups -OCH3 is 1. The van der Waals surface area contributed by atoms with E-state index in [4.69, 9.17) is 4.74 Å². The summed E-state index contributed by atoms with van der Waals surface area (Å²) >= 11 is 0. The third-order valence-corrected chi connectivity index (χ3v) is 3.50. The molecule has 2 aromatic carbocycles. The predicted octanol–water partition coefficient (Wildman–Crippen LogP) is 3.55. The standard InChI is InChI=1S/C18H17N5O3/c1-12(24)19-17-16(21-20-13-7-6-10-15(11-13)26-2)18(25)23(22-17)14-8-4-3-5-9-14/h3-11,22H,1-2H3,(H,19,24). The lowest BCUT2D eigenvalue weighted by Gasteiger charge is -2.01. The number of para-hydroxylation sites is 1. The average molecular weight is 351 g/mol. The van der Waals surface area contributed by atoms with Gasteiger partial charge in [-0.15, -0.1) is 5.11 Å². The molecule has 0 atom stereocenters. The number of carbonyl (C=O) groups is 1. The average Bonchev–Trinajstić information content (AvgIpc) is 2.95. The molecule has 0 bridgehead atoms. The first-order valence-electron chi connectivity index (χ1n) is 7.82. The summed E-state index contributed by atoms with van der Waals surface area (Å²) in [5.74, 6) is 0.474. The van der Waals surface area contributed by atoms with Crippen LogP contribution in [0.1, 0.15) is 6.92 Å². The third-order valence-electron chi connectivity index (χ3n) is 3.50. The van der Waals surface area contributed by atoms with E-state index in [1.165, 1.54) is 11.6 Å². The summed E-state index contributed by atoms with van der Waals surface area (Å²) in [5.41, 5.74) is 0.718. The molecular weight excluding hydrogens is 334 g/mol. The number of amides is 1. The van der Waals surface area contributed by atoms with E-state index >= 15 is 0 Å². The summed E-state index contributed by atoms with van der Waals surface area (Å²) in [4.78, 5) is 24.2. The lowest BCUT2D eigenvalue weighted by molar-refractivity contribution is -0.114. The first-order valence-corrected chi connectivity index (χ1v) is 7.82. The van der Waals surface area contributed by atoms with Crippen LogP contribution in [0.5, 0.6) is 5.75 Å². The fourth-order valence-electron chi connectivity index (χ4n) is 2.32. The molecule has 26 heavy (non-hydrogen) atoms. The first kappa shape index (κ1) is 17.2. The van der Waals surface area contributed by atoms with E-state index in [9.17, 15) is 9.59 Å². The summed E-state index contributed by atoms with van der Waals surface area (Å²) in [6, 6.07) is 15.9. The number of H-pyrrole nitrogens is 1. The monoisotopic (exact) mass is 351 g/mol. The molecule has 0 aliphatic heterocycles. The van der Waals surface area contributed by atoms with E-state index in [0.717, 1.165) is 0 Å². The van der Waals surface area contributed by atoms with Gasteiger partial charge < -0.3 is 10.1 Å². The van der Waals surface area contributed by atoms with Crippen LogP contribution >= 0.6 is 0 Å². The zero-order chi connectivity index (χ0) is 18.5. The van der Waals surface area contributed by atoms with Crippen molar-refractivity contribution in [3.8, 4) is 11.4 Å². The van der Waals surface area contributed by atoms with Crippen molar-refractivity contribution in [1.82, 2.24) is 9.78 Å². The molecule has 0 aliphatic carbocycles. The molecule has 1 heterocycles. The Morgan fingerprint density at radius 1 is 1.12 bits per heavy atom. The summed E-state index contributed by atoms with van der Waals surface area (Å²) in [5, 5.41) is 13.5. The van der Waals surface area contributed by atoms with Gasteiger partial charge in [-0.05, 0) is 24.3 Å². The van der Waals surface area contributed by atoms with E-state index in [1.807, 2.05) is 6.07 Å². The van der Waals surface area contributed by atoms with Gasteiger partial charge in [0.25, 0.3) is 0 Å². The SMILES string of the molecule is COc1cccc(N=Nc2c(NC(C)=O)[nH]n(-c3ccccc3)c2=O)c1. The number of rotatable bonds is 5. The number of nitrogens with one attached hydrogen (secondary N) is 2. The fraction of sp³-hybridized carbons (Fsp3) is 0.111. The molecule has 0 radical (unpaired) electrons. The Morgan fingerprint density at radius 2 is 1.88 bits per heavy atom. The van der Waals surface area contributed by atoms with Crippen molar-refractivity contribution in [1.29, 1.82) is 0 Å². The minimum atomic E-state index is -0.424. The van der Waals surface area contributed by atoms with Gasteiger partial charge in [0.05, 0.1) is 18.5 Å². The second-order valence-electron chi connectivity index (χ2n) is 5.39. The zero-order valence-corrected chi connectivity index (χ0v) is 14.3. The highest BCUT2D eigenvalue weighted by Crippen LogP contribution is 2.25. The number of nitrogens with zero attached hydrogens (tertiary/aromatic N) is 3. The molecule has 1 amide bonds. The Kier molecular flexibility index (Phi) is 4.93. The van der Waals surface area contributed by atoms with E-state index in [0.29, 0.717) is 17.1 Å². The number of hydrogen-bond donors (Lipinski definition) is 2. The highest BCUT2D eigenvalue weighted by molar-refractivity contribution is 5.90. The summed E-state index contributed by atoms with van der Waals surface area (Å²) in [6.45, 7) is 1.35. The summed E-state index contributed by atoms with van der Waals surface area (Å²) in [6.07, 6.45) is 0. The maximum atomic E-state index is 12.7. The number of benzene rings is 2. The van der Waals surface area contributed by atoms with E-state index < -0.39 is 5.56 Å². The summed E-state index contributed by atoms with van der Waals surface area (Å²) < 4.78 is 6.44. The maximum absolute atomic E-state index is 12.7. The zero-order valence-electron chi connectivity index (χ0n) is 14.3. The molecule has 0 saturated carbocycles. The number of aromatic nitrogens is 2. The molecule has 2 N–H and O–H groups in total. The van der Waals surface area contributed by atoms with E-state index in [1.54, 1.807) is 55.6 Å². The van der Waals surface area contributed by atoms with Crippen molar-refractivity contribution in [2.24, 2.45) is 10.2 Å². The van der Waals surface area contributed by atoms with Gasteiger partial charge in [0.2, 0.25) is 5.91 Å². The van der Waals surface area contributed by atoms with Crippen LogP contribution in [-0.4, -0.2) is 22.8 Å². The molecule has 1 aromatic heterocycles. The van der Waals surface area contributed by atoms with Crippen LogP contribution < -0.4 is 15.6 Å². The van der Waals surface area contributed by atoms with Gasteiger partial charge in [-0.2, -0.15) is 5.11 Å². The highest BCUT2D eigenvalue weighted by atomic mass is 16.5.